The number of halogens is 2. The molecule has 1 aromatic carbocycles. The van der Waals surface area contributed by atoms with Gasteiger partial charge in [0.1, 0.15) is 0 Å². The van der Waals surface area contributed by atoms with Crippen LogP contribution in [0.25, 0.3) is 6.08 Å². The Kier molecular flexibility index (Phi) is 5.31. The van der Waals surface area contributed by atoms with Crippen LogP contribution in [0.3, 0.4) is 0 Å². The minimum Gasteiger partial charge on any atom is -0.321 e. The van der Waals surface area contributed by atoms with Crippen molar-refractivity contribution >= 4 is 40.8 Å². The van der Waals surface area contributed by atoms with Crippen LogP contribution in [-0.4, -0.2) is 11.7 Å². The fourth-order valence-corrected chi connectivity index (χ4v) is 2.70. The Morgan fingerprint density at radius 3 is 2.75 bits per heavy atom. The lowest BCUT2D eigenvalue weighted by atomic mass is 10.3. The van der Waals surface area contributed by atoms with Crippen LogP contribution in [0.15, 0.2) is 52.7 Å². The van der Waals surface area contributed by atoms with E-state index in [0.717, 1.165) is 4.88 Å². The highest BCUT2D eigenvalue weighted by molar-refractivity contribution is 7.99. The number of hydrogen-bond donors (Lipinski definition) is 1. The molecule has 2 nitrogen and oxygen atoms in total. The van der Waals surface area contributed by atoms with E-state index in [2.05, 4.69) is 5.32 Å². The summed E-state index contributed by atoms with van der Waals surface area (Å²) in [6, 6.07) is 10.3. The van der Waals surface area contributed by atoms with Gasteiger partial charge < -0.3 is 5.32 Å². The molecule has 0 saturated carbocycles. The standard InChI is InChI=1S/C14H11F2NOS2/c15-14(16)20-12-6-2-1-5-11(12)17-13(18)8-7-10-4-3-9-19-10/h1-9,14H,(H,17,18)/b8-7+. The summed E-state index contributed by atoms with van der Waals surface area (Å²) in [7, 11) is 0. The molecule has 0 aliphatic heterocycles. The molecule has 0 atom stereocenters. The van der Waals surface area contributed by atoms with E-state index in [1.165, 1.54) is 17.4 Å². The zero-order valence-electron chi connectivity index (χ0n) is 10.3. The molecule has 1 amide bonds. The summed E-state index contributed by atoms with van der Waals surface area (Å²) in [5.74, 6) is -2.87. The van der Waals surface area contributed by atoms with Gasteiger partial charge in [-0.3, -0.25) is 4.79 Å². The molecule has 2 rings (SSSR count). The number of hydrogen-bond acceptors (Lipinski definition) is 3. The van der Waals surface area contributed by atoms with Gasteiger partial charge in [-0.15, -0.1) is 11.3 Å². The highest BCUT2D eigenvalue weighted by atomic mass is 32.2. The molecule has 104 valence electrons. The minimum atomic E-state index is -2.52. The molecular formula is C14H11F2NOS2. The minimum absolute atomic E-state index is 0.347. The summed E-state index contributed by atoms with van der Waals surface area (Å²) < 4.78 is 24.8. The lowest BCUT2D eigenvalue weighted by molar-refractivity contribution is -0.111. The lowest BCUT2D eigenvalue weighted by Gasteiger charge is -2.08. The van der Waals surface area contributed by atoms with E-state index in [1.54, 1.807) is 30.3 Å². The van der Waals surface area contributed by atoms with E-state index >= 15 is 0 Å². The lowest BCUT2D eigenvalue weighted by Crippen LogP contribution is -2.08. The van der Waals surface area contributed by atoms with Crippen molar-refractivity contribution in [3.63, 3.8) is 0 Å². The predicted octanol–water partition coefficient (Wildman–Crippen LogP) is 4.71. The second-order valence-electron chi connectivity index (χ2n) is 3.71. The normalized spacial score (nSPS) is 11.2. The number of carbonyl (C=O) groups is 1. The molecule has 1 N–H and O–H groups in total. The Morgan fingerprint density at radius 2 is 2.05 bits per heavy atom. The van der Waals surface area contributed by atoms with Crippen molar-refractivity contribution in [2.45, 2.75) is 10.7 Å². The number of amides is 1. The van der Waals surface area contributed by atoms with Gasteiger partial charge in [-0.1, -0.05) is 30.0 Å². The second kappa shape index (κ2) is 7.21. The predicted molar refractivity (Wildman–Crippen MR) is 80.3 cm³/mol. The van der Waals surface area contributed by atoms with Gasteiger partial charge in [0.2, 0.25) is 5.91 Å². The maximum atomic E-state index is 12.4. The molecule has 0 spiro atoms. The van der Waals surface area contributed by atoms with E-state index < -0.39 is 5.76 Å². The molecule has 0 unspecified atom stereocenters. The van der Waals surface area contributed by atoms with Crippen molar-refractivity contribution in [2.75, 3.05) is 5.32 Å². The zero-order chi connectivity index (χ0) is 14.4. The largest absolute Gasteiger partial charge is 0.321 e. The first-order chi connectivity index (χ1) is 9.65. The van der Waals surface area contributed by atoms with Crippen molar-refractivity contribution in [3.05, 3.63) is 52.7 Å². The summed E-state index contributed by atoms with van der Waals surface area (Å²) in [4.78, 5) is 13.1. The molecule has 0 aliphatic carbocycles. The quantitative estimate of drug-likeness (QED) is 0.640. The summed E-state index contributed by atoms with van der Waals surface area (Å²) in [5.41, 5.74) is 0.388. The number of thioether (sulfide) groups is 1. The molecule has 0 aliphatic rings. The van der Waals surface area contributed by atoms with Crippen molar-refractivity contribution in [2.24, 2.45) is 0 Å². The Morgan fingerprint density at radius 1 is 1.25 bits per heavy atom. The van der Waals surface area contributed by atoms with E-state index in [9.17, 15) is 13.6 Å². The maximum absolute atomic E-state index is 12.4. The third-order valence-electron chi connectivity index (χ3n) is 2.30. The Bertz CT molecular complexity index is 597. The van der Waals surface area contributed by atoms with Crippen LogP contribution in [0, 0.1) is 0 Å². The number of benzene rings is 1. The molecule has 0 fully saturated rings. The number of nitrogens with one attached hydrogen (secondary N) is 1. The van der Waals surface area contributed by atoms with Crippen LogP contribution in [-0.2, 0) is 4.79 Å². The number of thiophene rings is 1. The average Bonchev–Trinajstić information content (AvgIpc) is 2.91. The van der Waals surface area contributed by atoms with Crippen LogP contribution in [0.4, 0.5) is 14.5 Å². The fourth-order valence-electron chi connectivity index (χ4n) is 1.49. The monoisotopic (exact) mass is 311 g/mol. The Labute approximate surface area is 123 Å². The molecule has 0 bridgehead atoms. The average molecular weight is 311 g/mol. The van der Waals surface area contributed by atoms with Crippen molar-refractivity contribution in [1.82, 2.24) is 0 Å². The molecule has 0 saturated heterocycles. The molecule has 6 heteroatoms. The number of carbonyl (C=O) groups excluding carboxylic acids is 1. The van der Waals surface area contributed by atoms with Crippen LogP contribution >= 0.6 is 23.1 Å². The second-order valence-corrected chi connectivity index (χ2v) is 5.72. The molecule has 1 aromatic heterocycles. The molecule has 2 aromatic rings. The van der Waals surface area contributed by atoms with Crippen LogP contribution < -0.4 is 5.32 Å². The van der Waals surface area contributed by atoms with Gasteiger partial charge in [0.25, 0.3) is 5.76 Å². The number of anilines is 1. The summed E-state index contributed by atoms with van der Waals surface area (Å²) in [6.45, 7) is 0. The Hall–Kier alpha value is -1.66. The summed E-state index contributed by atoms with van der Waals surface area (Å²) >= 11 is 1.93. The highest BCUT2D eigenvalue weighted by Crippen LogP contribution is 2.31. The third-order valence-corrected chi connectivity index (χ3v) is 3.93. The number of rotatable bonds is 5. The molecule has 0 radical (unpaired) electrons. The fraction of sp³-hybridized carbons (Fsp3) is 0.0714. The first-order valence-corrected chi connectivity index (χ1v) is 7.47. The van der Waals surface area contributed by atoms with Gasteiger partial charge in [0.15, 0.2) is 0 Å². The summed E-state index contributed by atoms with van der Waals surface area (Å²) in [5, 5.41) is 4.51. The highest BCUT2D eigenvalue weighted by Gasteiger charge is 2.10. The van der Waals surface area contributed by atoms with Gasteiger partial charge in [-0.2, -0.15) is 8.78 Å². The molecule has 20 heavy (non-hydrogen) atoms. The van der Waals surface area contributed by atoms with Crippen LogP contribution in [0.5, 0.6) is 0 Å². The van der Waals surface area contributed by atoms with Crippen molar-refractivity contribution in [3.8, 4) is 0 Å². The van der Waals surface area contributed by atoms with Gasteiger partial charge >= 0.3 is 0 Å². The zero-order valence-corrected chi connectivity index (χ0v) is 11.9. The number of alkyl halides is 2. The summed E-state index contributed by atoms with van der Waals surface area (Å²) in [6.07, 6.45) is 3.07. The molecular weight excluding hydrogens is 300 g/mol. The van der Waals surface area contributed by atoms with Crippen molar-refractivity contribution < 1.29 is 13.6 Å². The first-order valence-electron chi connectivity index (χ1n) is 5.71. The third kappa shape index (κ3) is 4.47. The Balaban J connectivity index is 2.04. The number of para-hydroxylation sites is 1. The van der Waals surface area contributed by atoms with Gasteiger partial charge in [-0.25, -0.2) is 0 Å². The molecule has 1 heterocycles. The van der Waals surface area contributed by atoms with E-state index in [1.807, 2.05) is 17.5 Å². The smallest absolute Gasteiger partial charge is 0.288 e. The van der Waals surface area contributed by atoms with E-state index in [-0.39, 0.29) is 5.91 Å². The first kappa shape index (κ1) is 14.7. The van der Waals surface area contributed by atoms with Gasteiger partial charge in [0.05, 0.1) is 5.69 Å². The topological polar surface area (TPSA) is 29.1 Å². The van der Waals surface area contributed by atoms with Gasteiger partial charge in [0, 0.05) is 15.8 Å². The SMILES string of the molecule is O=C(/C=C/c1cccs1)Nc1ccccc1SC(F)F. The van der Waals surface area contributed by atoms with Gasteiger partial charge in [-0.05, 0) is 29.7 Å². The maximum Gasteiger partial charge on any atom is 0.288 e. The van der Waals surface area contributed by atoms with E-state index in [4.69, 9.17) is 0 Å². The van der Waals surface area contributed by atoms with Crippen LogP contribution in [0.2, 0.25) is 0 Å². The van der Waals surface area contributed by atoms with E-state index in [0.29, 0.717) is 22.3 Å². The van der Waals surface area contributed by atoms with Crippen molar-refractivity contribution in [1.29, 1.82) is 0 Å². The van der Waals surface area contributed by atoms with Crippen LogP contribution in [0.1, 0.15) is 4.88 Å².